The first kappa shape index (κ1) is 8.33. The van der Waals surface area contributed by atoms with Crippen molar-refractivity contribution >= 4 is 6.03 Å². The van der Waals surface area contributed by atoms with E-state index in [1.165, 1.54) is 6.42 Å². The van der Waals surface area contributed by atoms with Crippen molar-refractivity contribution in [1.29, 1.82) is 0 Å². The fraction of sp³-hybridized carbons (Fsp3) is 0.857. The van der Waals surface area contributed by atoms with Gasteiger partial charge in [-0.25, -0.2) is 4.79 Å². The summed E-state index contributed by atoms with van der Waals surface area (Å²) in [5.41, 5.74) is 10.7. The Morgan fingerprint density at radius 2 is 2.27 bits per heavy atom. The van der Waals surface area contributed by atoms with Gasteiger partial charge in [0.1, 0.15) is 0 Å². The van der Waals surface area contributed by atoms with Crippen LogP contribution >= 0.6 is 0 Å². The molecule has 0 radical (unpaired) electrons. The van der Waals surface area contributed by atoms with E-state index in [1.54, 1.807) is 0 Å². The molecule has 0 heterocycles. The number of rotatable bonds is 2. The van der Waals surface area contributed by atoms with Crippen LogP contribution in [0.4, 0.5) is 4.79 Å². The van der Waals surface area contributed by atoms with Gasteiger partial charge < -0.3 is 16.8 Å². The lowest BCUT2D eigenvalue weighted by atomic mass is 10.1. The van der Waals surface area contributed by atoms with Gasteiger partial charge in [-0.05, 0) is 18.8 Å². The van der Waals surface area contributed by atoms with Gasteiger partial charge >= 0.3 is 6.03 Å². The molecule has 4 heteroatoms. The molecule has 1 fully saturated rings. The lowest BCUT2D eigenvalue weighted by molar-refractivity contribution is 0.246. The van der Waals surface area contributed by atoms with Gasteiger partial charge in [0.25, 0.3) is 0 Å². The van der Waals surface area contributed by atoms with Gasteiger partial charge in [-0.15, -0.1) is 0 Å². The van der Waals surface area contributed by atoms with E-state index < -0.39 is 6.03 Å². The maximum absolute atomic E-state index is 10.3. The summed E-state index contributed by atoms with van der Waals surface area (Å²) in [4.78, 5) is 10.3. The van der Waals surface area contributed by atoms with Crippen LogP contribution in [0.15, 0.2) is 0 Å². The maximum Gasteiger partial charge on any atom is 0.312 e. The van der Waals surface area contributed by atoms with E-state index in [9.17, 15) is 4.79 Å². The highest BCUT2D eigenvalue weighted by molar-refractivity contribution is 5.71. The number of urea groups is 1. The summed E-state index contributed by atoms with van der Waals surface area (Å²) in [7, 11) is 0. The molecule has 0 aromatic heterocycles. The van der Waals surface area contributed by atoms with Gasteiger partial charge in [0.05, 0.1) is 0 Å². The lowest BCUT2D eigenvalue weighted by Gasteiger charge is -2.14. The van der Waals surface area contributed by atoms with Crippen molar-refractivity contribution in [2.45, 2.75) is 25.3 Å². The largest absolute Gasteiger partial charge is 0.352 e. The minimum absolute atomic E-state index is 0.252. The van der Waals surface area contributed by atoms with E-state index in [0.717, 1.165) is 12.8 Å². The highest BCUT2D eigenvalue weighted by atomic mass is 16.2. The fourth-order valence-corrected chi connectivity index (χ4v) is 1.55. The molecule has 0 aromatic carbocycles. The standard InChI is InChI=1S/C7H15N3O/c8-6-3-1-2-5(6)4-10-7(9)11/h5-6H,1-4,8H2,(H3,9,10,11). The summed E-state index contributed by atoms with van der Waals surface area (Å²) < 4.78 is 0. The van der Waals surface area contributed by atoms with Crippen molar-refractivity contribution in [3.63, 3.8) is 0 Å². The Morgan fingerprint density at radius 1 is 1.55 bits per heavy atom. The van der Waals surface area contributed by atoms with Crippen molar-refractivity contribution in [2.75, 3.05) is 6.54 Å². The van der Waals surface area contributed by atoms with Gasteiger partial charge in [0, 0.05) is 12.6 Å². The summed E-state index contributed by atoms with van der Waals surface area (Å²) in [5, 5.41) is 2.58. The Kier molecular flexibility index (Phi) is 2.70. The second kappa shape index (κ2) is 3.57. The first-order valence-electron chi connectivity index (χ1n) is 3.99. The Labute approximate surface area is 66.3 Å². The molecule has 0 aromatic rings. The minimum atomic E-state index is -0.455. The number of amides is 2. The van der Waals surface area contributed by atoms with Crippen molar-refractivity contribution in [1.82, 2.24) is 5.32 Å². The quantitative estimate of drug-likeness (QED) is 0.518. The molecule has 1 aliphatic carbocycles. The van der Waals surface area contributed by atoms with Crippen molar-refractivity contribution in [3.8, 4) is 0 Å². The Hall–Kier alpha value is -0.770. The average Bonchev–Trinajstić information content (AvgIpc) is 2.31. The van der Waals surface area contributed by atoms with E-state index in [2.05, 4.69) is 5.32 Å². The molecule has 5 N–H and O–H groups in total. The number of nitrogens with two attached hydrogens (primary N) is 2. The first-order chi connectivity index (χ1) is 5.20. The number of nitrogens with one attached hydrogen (secondary N) is 1. The molecule has 0 aliphatic heterocycles. The number of carbonyl (C=O) groups excluding carboxylic acids is 1. The second-order valence-electron chi connectivity index (χ2n) is 3.10. The number of carbonyl (C=O) groups is 1. The van der Waals surface area contributed by atoms with Crippen LogP contribution < -0.4 is 16.8 Å². The maximum atomic E-state index is 10.3. The van der Waals surface area contributed by atoms with Gasteiger partial charge in [0.2, 0.25) is 0 Å². The molecule has 0 bridgehead atoms. The predicted octanol–water partition coefficient (Wildman–Crippen LogP) is -0.218. The summed E-state index contributed by atoms with van der Waals surface area (Å²) in [6.07, 6.45) is 3.36. The minimum Gasteiger partial charge on any atom is -0.352 e. The van der Waals surface area contributed by atoms with E-state index in [4.69, 9.17) is 11.5 Å². The third-order valence-electron chi connectivity index (χ3n) is 2.26. The highest BCUT2D eigenvalue weighted by Gasteiger charge is 2.23. The summed E-state index contributed by atoms with van der Waals surface area (Å²) >= 11 is 0. The third kappa shape index (κ3) is 2.38. The Balaban J connectivity index is 2.20. The molecule has 2 amide bonds. The monoisotopic (exact) mass is 157 g/mol. The van der Waals surface area contributed by atoms with E-state index in [0.29, 0.717) is 12.5 Å². The van der Waals surface area contributed by atoms with Gasteiger partial charge in [-0.1, -0.05) is 6.42 Å². The van der Waals surface area contributed by atoms with Crippen LogP contribution in [-0.2, 0) is 0 Å². The molecule has 4 nitrogen and oxygen atoms in total. The van der Waals surface area contributed by atoms with Gasteiger partial charge in [0.15, 0.2) is 0 Å². The van der Waals surface area contributed by atoms with E-state index >= 15 is 0 Å². The average molecular weight is 157 g/mol. The van der Waals surface area contributed by atoms with E-state index in [-0.39, 0.29) is 6.04 Å². The van der Waals surface area contributed by atoms with Crippen LogP contribution in [0.3, 0.4) is 0 Å². The highest BCUT2D eigenvalue weighted by Crippen LogP contribution is 2.22. The first-order valence-corrected chi connectivity index (χ1v) is 3.99. The predicted molar refractivity (Wildman–Crippen MR) is 42.9 cm³/mol. The van der Waals surface area contributed by atoms with Crippen LogP contribution in [0, 0.1) is 5.92 Å². The molecular formula is C7H15N3O. The third-order valence-corrected chi connectivity index (χ3v) is 2.26. The topological polar surface area (TPSA) is 81.1 Å². The van der Waals surface area contributed by atoms with Crippen LogP contribution in [0.25, 0.3) is 0 Å². The molecule has 1 aliphatic rings. The van der Waals surface area contributed by atoms with Crippen LogP contribution in [0.2, 0.25) is 0 Å². The van der Waals surface area contributed by atoms with Gasteiger partial charge in [-0.2, -0.15) is 0 Å². The SMILES string of the molecule is NC(=O)NCC1CCCC1N. The molecular weight excluding hydrogens is 142 g/mol. The molecule has 2 unspecified atom stereocenters. The van der Waals surface area contributed by atoms with Crippen LogP contribution in [0.5, 0.6) is 0 Å². The molecule has 64 valence electrons. The molecule has 0 spiro atoms. The van der Waals surface area contributed by atoms with Crippen molar-refractivity contribution in [3.05, 3.63) is 0 Å². The Morgan fingerprint density at radius 3 is 2.73 bits per heavy atom. The number of hydrogen-bond donors (Lipinski definition) is 3. The molecule has 1 rings (SSSR count). The molecule has 2 atom stereocenters. The number of hydrogen-bond acceptors (Lipinski definition) is 2. The second-order valence-corrected chi connectivity index (χ2v) is 3.10. The zero-order valence-corrected chi connectivity index (χ0v) is 6.55. The van der Waals surface area contributed by atoms with Crippen LogP contribution in [-0.4, -0.2) is 18.6 Å². The Bertz CT molecular complexity index is 149. The molecule has 1 saturated carbocycles. The fourth-order valence-electron chi connectivity index (χ4n) is 1.55. The van der Waals surface area contributed by atoms with E-state index in [1.807, 2.05) is 0 Å². The van der Waals surface area contributed by atoms with Crippen molar-refractivity contribution < 1.29 is 4.79 Å². The zero-order valence-electron chi connectivity index (χ0n) is 6.55. The number of primary amides is 1. The summed E-state index contributed by atoms with van der Waals surface area (Å²) in [5.74, 6) is 0.433. The van der Waals surface area contributed by atoms with Gasteiger partial charge in [-0.3, -0.25) is 0 Å². The van der Waals surface area contributed by atoms with Crippen molar-refractivity contribution in [2.24, 2.45) is 17.4 Å². The van der Waals surface area contributed by atoms with Crippen LogP contribution in [0.1, 0.15) is 19.3 Å². The lowest BCUT2D eigenvalue weighted by Crippen LogP contribution is -2.38. The summed E-state index contributed by atoms with van der Waals surface area (Å²) in [6.45, 7) is 0.635. The molecule has 0 saturated heterocycles. The summed E-state index contributed by atoms with van der Waals surface area (Å²) in [6, 6.07) is -0.203. The molecule has 11 heavy (non-hydrogen) atoms. The smallest absolute Gasteiger partial charge is 0.312 e. The zero-order chi connectivity index (χ0) is 8.27. The normalized spacial score (nSPS) is 30.3.